The molecule has 7 heteroatoms. The second-order valence-electron chi connectivity index (χ2n) is 6.81. The van der Waals surface area contributed by atoms with E-state index < -0.39 is 15.8 Å². The van der Waals surface area contributed by atoms with Crippen LogP contribution in [0.25, 0.3) is 0 Å². The Balaban J connectivity index is 1.71. The topological polar surface area (TPSA) is 66.5 Å². The van der Waals surface area contributed by atoms with E-state index in [2.05, 4.69) is 4.72 Å². The predicted molar refractivity (Wildman–Crippen MR) is 97.4 cm³/mol. The van der Waals surface area contributed by atoms with Gasteiger partial charge in [0.1, 0.15) is 5.82 Å². The van der Waals surface area contributed by atoms with Gasteiger partial charge in [0.25, 0.3) is 10.0 Å². The molecule has 2 heterocycles. The van der Waals surface area contributed by atoms with E-state index in [0.29, 0.717) is 18.5 Å². The summed E-state index contributed by atoms with van der Waals surface area (Å²) in [7, 11) is -3.81. The highest BCUT2D eigenvalue weighted by Crippen LogP contribution is 2.38. The van der Waals surface area contributed by atoms with Gasteiger partial charge in [0.05, 0.1) is 10.6 Å². The van der Waals surface area contributed by atoms with Crippen LogP contribution in [0.1, 0.15) is 29.5 Å². The van der Waals surface area contributed by atoms with E-state index in [9.17, 15) is 17.6 Å². The minimum absolute atomic E-state index is 0.0274. The highest BCUT2D eigenvalue weighted by Gasteiger charge is 2.30. The Morgan fingerprint density at radius 1 is 1.08 bits per heavy atom. The van der Waals surface area contributed by atoms with Crippen LogP contribution in [0.15, 0.2) is 35.2 Å². The second-order valence-corrected chi connectivity index (χ2v) is 8.49. The minimum atomic E-state index is -3.81. The highest BCUT2D eigenvalue weighted by molar-refractivity contribution is 7.92. The van der Waals surface area contributed by atoms with Gasteiger partial charge in [0, 0.05) is 18.7 Å². The van der Waals surface area contributed by atoms with Gasteiger partial charge in [-0.3, -0.25) is 9.52 Å². The third-order valence-electron chi connectivity index (χ3n) is 4.97. The van der Waals surface area contributed by atoms with Crippen LogP contribution in [0.3, 0.4) is 0 Å². The molecular formula is C19H19FN2O3S. The summed E-state index contributed by atoms with van der Waals surface area (Å²) in [6.07, 6.45) is 2.74. The molecule has 0 atom stereocenters. The Hall–Kier alpha value is -2.41. The van der Waals surface area contributed by atoms with E-state index in [-0.39, 0.29) is 16.4 Å². The van der Waals surface area contributed by atoms with Crippen LogP contribution in [0, 0.1) is 12.7 Å². The van der Waals surface area contributed by atoms with Crippen LogP contribution in [-0.2, 0) is 27.7 Å². The molecule has 0 aliphatic carbocycles. The van der Waals surface area contributed by atoms with Gasteiger partial charge in [0.15, 0.2) is 0 Å². The quantitative estimate of drug-likeness (QED) is 0.897. The number of anilines is 2. The lowest BCUT2D eigenvalue weighted by Gasteiger charge is -2.35. The van der Waals surface area contributed by atoms with Crippen LogP contribution < -0.4 is 9.62 Å². The molecule has 26 heavy (non-hydrogen) atoms. The summed E-state index contributed by atoms with van der Waals surface area (Å²) in [5, 5.41) is 0. The molecule has 0 saturated heterocycles. The van der Waals surface area contributed by atoms with Crippen molar-refractivity contribution >= 4 is 27.3 Å². The second kappa shape index (κ2) is 6.09. The first-order valence-corrected chi connectivity index (χ1v) is 10.1. The summed E-state index contributed by atoms with van der Waals surface area (Å²) in [6.45, 7) is 2.25. The fourth-order valence-corrected chi connectivity index (χ4v) is 4.84. The Labute approximate surface area is 151 Å². The predicted octanol–water partition coefficient (Wildman–Crippen LogP) is 3.16. The molecule has 4 rings (SSSR count). The number of aryl methyl sites for hydroxylation is 3. The lowest BCUT2D eigenvalue weighted by molar-refractivity contribution is -0.119. The van der Waals surface area contributed by atoms with Gasteiger partial charge in [-0.2, -0.15) is 0 Å². The van der Waals surface area contributed by atoms with Gasteiger partial charge in [-0.25, -0.2) is 12.8 Å². The van der Waals surface area contributed by atoms with Gasteiger partial charge >= 0.3 is 0 Å². The van der Waals surface area contributed by atoms with Crippen molar-refractivity contribution in [2.75, 3.05) is 16.2 Å². The van der Waals surface area contributed by atoms with Gasteiger partial charge in [-0.1, -0.05) is 0 Å². The Kier molecular flexibility index (Phi) is 3.99. The molecule has 5 nitrogen and oxygen atoms in total. The number of carbonyl (C=O) groups excluding carboxylic acids is 1. The van der Waals surface area contributed by atoms with Crippen molar-refractivity contribution in [3.63, 3.8) is 0 Å². The van der Waals surface area contributed by atoms with E-state index in [1.54, 1.807) is 12.1 Å². The zero-order valence-electron chi connectivity index (χ0n) is 14.4. The monoisotopic (exact) mass is 374 g/mol. The molecule has 0 bridgehead atoms. The van der Waals surface area contributed by atoms with Crippen molar-refractivity contribution in [1.82, 2.24) is 0 Å². The van der Waals surface area contributed by atoms with Crippen LogP contribution in [0.4, 0.5) is 15.8 Å². The summed E-state index contributed by atoms with van der Waals surface area (Å²) in [5.41, 5.74) is 3.71. The van der Waals surface area contributed by atoms with E-state index >= 15 is 0 Å². The molecule has 1 N–H and O–H groups in total. The Morgan fingerprint density at radius 3 is 2.54 bits per heavy atom. The maximum atomic E-state index is 13.4. The molecule has 2 aromatic rings. The number of rotatable bonds is 3. The molecule has 0 unspecified atom stereocenters. The van der Waals surface area contributed by atoms with Gasteiger partial charge in [-0.05, 0) is 73.2 Å². The van der Waals surface area contributed by atoms with Gasteiger partial charge in [0.2, 0.25) is 5.91 Å². The van der Waals surface area contributed by atoms with Crippen LogP contribution in [0.5, 0.6) is 0 Å². The first kappa shape index (κ1) is 17.0. The first-order chi connectivity index (χ1) is 12.3. The number of sulfonamides is 1. The molecule has 1 amide bonds. The molecular weight excluding hydrogens is 355 g/mol. The highest BCUT2D eigenvalue weighted by atomic mass is 32.2. The third kappa shape index (κ3) is 2.86. The Bertz CT molecular complexity index is 1000. The average Bonchev–Trinajstić information content (AvgIpc) is 2.60. The zero-order chi connectivity index (χ0) is 18.5. The standard InChI is InChI=1S/C19H19FN2O3S/c1-12-9-16(5-6-17(12)20)26(24,25)21-15-10-13-3-2-8-22-18(23)7-4-14(11-15)19(13)22/h5-6,9-11,21H,2-4,7-8H2,1H3. The van der Waals surface area contributed by atoms with Crippen LogP contribution >= 0.6 is 0 Å². The van der Waals surface area contributed by atoms with Crippen molar-refractivity contribution in [1.29, 1.82) is 0 Å². The number of hydrogen-bond acceptors (Lipinski definition) is 3. The molecule has 0 saturated carbocycles. The van der Waals surface area contributed by atoms with Crippen LogP contribution in [-0.4, -0.2) is 20.9 Å². The number of nitrogens with zero attached hydrogens (tertiary/aromatic N) is 1. The fourth-order valence-electron chi connectivity index (χ4n) is 3.71. The van der Waals surface area contributed by atoms with E-state index in [1.807, 2.05) is 4.90 Å². The maximum Gasteiger partial charge on any atom is 0.261 e. The summed E-state index contributed by atoms with van der Waals surface area (Å²) < 4.78 is 41.4. The summed E-state index contributed by atoms with van der Waals surface area (Å²) in [6, 6.07) is 7.34. The third-order valence-corrected chi connectivity index (χ3v) is 6.35. The zero-order valence-corrected chi connectivity index (χ0v) is 15.2. The number of halogens is 1. The Morgan fingerprint density at radius 2 is 1.81 bits per heavy atom. The molecule has 0 radical (unpaired) electrons. The number of hydrogen-bond donors (Lipinski definition) is 1. The molecule has 0 spiro atoms. The van der Waals surface area contributed by atoms with Crippen molar-refractivity contribution in [3.8, 4) is 0 Å². The molecule has 136 valence electrons. The number of carbonyl (C=O) groups is 1. The normalized spacial score (nSPS) is 16.4. The number of amides is 1. The summed E-state index contributed by atoms with van der Waals surface area (Å²) in [5.74, 6) is -0.305. The SMILES string of the molecule is Cc1cc(S(=O)(=O)Nc2cc3c4c(c2)CCC(=O)N4CCC3)ccc1F. The van der Waals surface area contributed by atoms with Crippen molar-refractivity contribution in [2.24, 2.45) is 0 Å². The molecule has 0 fully saturated rings. The average molecular weight is 374 g/mol. The summed E-state index contributed by atoms with van der Waals surface area (Å²) in [4.78, 5) is 14.0. The summed E-state index contributed by atoms with van der Waals surface area (Å²) >= 11 is 0. The lowest BCUT2D eigenvalue weighted by atomic mass is 9.91. The van der Waals surface area contributed by atoms with Crippen molar-refractivity contribution < 1.29 is 17.6 Å². The number of nitrogens with one attached hydrogen (secondary N) is 1. The molecule has 2 aliphatic rings. The van der Waals surface area contributed by atoms with E-state index in [1.165, 1.54) is 19.1 Å². The smallest absolute Gasteiger partial charge is 0.261 e. The molecule has 0 aromatic heterocycles. The number of benzene rings is 2. The van der Waals surface area contributed by atoms with Crippen LogP contribution in [0.2, 0.25) is 0 Å². The van der Waals surface area contributed by atoms with Gasteiger partial charge in [-0.15, -0.1) is 0 Å². The first-order valence-electron chi connectivity index (χ1n) is 8.60. The van der Waals surface area contributed by atoms with E-state index in [0.717, 1.165) is 42.3 Å². The molecule has 2 aromatic carbocycles. The minimum Gasteiger partial charge on any atom is -0.312 e. The van der Waals surface area contributed by atoms with Crippen molar-refractivity contribution in [2.45, 2.75) is 37.5 Å². The van der Waals surface area contributed by atoms with Crippen molar-refractivity contribution in [3.05, 3.63) is 52.8 Å². The molecule has 2 aliphatic heterocycles. The fraction of sp³-hybridized carbons (Fsp3) is 0.316. The lowest BCUT2D eigenvalue weighted by Crippen LogP contribution is -2.39. The largest absolute Gasteiger partial charge is 0.312 e. The van der Waals surface area contributed by atoms with E-state index in [4.69, 9.17) is 0 Å². The maximum absolute atomic E-state index is 13.4. The van der Waals surface area contributed by atoms with Gasteiger partial charge < -0.3 is 4.90 Å².